The van der Waals surface area contributed by atoms with Crippen molar-refractivity contribution in [2.45, 2.75) is 45.1 Å². The molecule has 1 atom stereocenters. The maximum absolute atomic E-state index is 12.7. The van der Waals surface area contributed by atoms with Crippen molar-refractivity contribution in [1.82, 2.24) is 4.90 Å². The van der Waals surface area contributed by atoms with Crippen LogP contribution in [0.3, 0.4) is 0 Å². The van der Waals surface area contributed by atoms with Crippen LogP contribution < -0.4 is 5.32 Å². The zero-order valence-corrected chi connectivity index (χ0v) is 17.8. The van der Waals surface area contributed by atoms with Gasteiger partial charge in [0, 0.05) is 24.3 Å². The number of urea groups is 1. The van der Waals surface area contributed by atoms with Crippen LogP contribution in [0.2, 0.25) is 0 Å². The van der Waals surface area contributed by atoms with Crippen LogP contribution in [0.5, 0.6) is 0 Å². The number of esters is 1. The van der Waals surface area contributed by atoms with Gasteiger partial charge in [0.2, 0.25) is 5.78 Å². The highest BCUT2D eigenvalue weighted by molar-refractivity contribution is 6.00. The largest absolute Gasteiger partial charge is 0.454 e. The molecule has 1 aliphatic carbocycles. The first kappa shape index (κ1) is 21.1. The summed E-state index contributed by atoms with van der Waals surface area (Å²) in [5, 5.41) is 2.86. The van der Waals surface area contributed by atoms with Crippen molar-refractivity contribution in [2.24, 2.45) is 5.92 Å². The third-order valence-corrected chi connectivity index (χ3v) is 6.19. The molecule has 31 heavy (non-hydrogen) atoms. The first-order valence-electron chi connectivity index (χ1n) is 11.0. The number of hydrogen-bond acceptors (Lipinski definition) is 4. The number of benzene rings is 2. The van der Waals surface area contributed by atoms with Crippen molar-refractivity contribution in [3.05, 3.63) is 65.2 Å². The smallest absolute Gasteiger partial charge is 0.321 e. The Hall–Kier alpha value is -3.15. The van der Waals surface area contributed by atoms with Crippen LogP contribution >= 0.6 is 0 Å². The molecule has 1 N–H and O–H groups in total. The van der Waals surface area contributed by atoms with Crippen molar-refractivity contribution < 1.29 is 19.1 Å². The molecule has 162 valence electrons. The predicted octanol–water partition coefficient (Wildman–Crippen LogP) is 4.23. The number of Topliss-reactive ketones (excluding diaryl/α,β-unsaturated/α-hetero) is 1. The summed E-state index contributed by atoms with van der Waals surface area (Å²) in [4.78, 5) is 39.5. The number of nitrogens with zero attached hydrogens (tertiary/aromatic N) is 1. The van der Waals surface area contributed by atoms with E-state index in [1.165, 1.54) is 11.1 Å². The molecule has 0 saturated carbocycles. The standard InChI is InChI=1S/C25H28N2O4/c1-17(23(28)21-11-10-18-6-5-7-20(18)16-21)31-24(29)19-12-14-27(15-13-19)25(30)26-22-8-3-2-4-9-22/h2-4,8-11,16-17,19H,5-7,12-15H2,1H3,(H,26,30)/t17-/m1/s1. The van der Waals surface area contributed by atoms with Gasteiger partial charge in [0.25, 0.3) is 0 Å². The van der Waals surface area contributed by atoms with Crippen LogP contribution in [0.4, 0.5) is 10.5 Å². The minimum absolute atomic E-state index is 0.164. The first-order chi connectivity index (χ1) is 15.0. The Kier molecular flexibility index (Phi) is 6.35. The zero-order valence-electron chi connectivity index (χ0n) is 17.8. The fourth-order valence-electron chi connectivity index (χ4n) is 4.33. The number of amides is 2. The van der Waals surface area contributed by atoms with E-state index in [1.54, 1.807) is 11.8 Å². The summed E-state index contributed by atoms with van der Waals surface area (Å²) in [7, 11) is 0. The summed E-state index contributed by atoms with van der Waals surface area (Å²) in [5.41, 5.74) is 3.89. The van der Waals surface area contributed by atoms with Gasteiger partial charge in [-0.05, 0) is 68.4 Å². The third-order valence-electron chi connectivity index (χ3n) is 6.19. The summed E-state index contributed by atoms with van der Waals surface area (Å²) in [6, 6.07) is 14.9. The summed E-state index contributed by atoms with van der Waals surface area (Å²) in [6.45, 7) is 2.59. The van der Waals surface area contributed by atoms with Crippen LogP contribution in [0, 0.1) is 5.92 Å². The van der Waals surface area contributed by atoms with E-state index in [2.05, 4.69) is 5.32 Å². The lowest BCUT2D eigenvalue weighted by Gasteiger charge is -2.31. The van der Waals surface area contributed by atoms with Crippen molar-refractivity contribution in [1.29, 1.82) is 0 Å². The molecule has 0 radical (unpaired) electrons. The number of piperidine rings is 1. The molecule has 2 aromatic rings. The molecule has 1 saturated heterocycles. The number of likely N-dealkylation sites (tertiary alicyclic amines) is 1. The average molecular weight is 421 g/mol. The minimum atomic E-state index is -0.814. The number of aryl methyl sites for hydroxylation is 2. The number of carbonyl (C=O) groups excluding carboxylic acids is 3. The number of fused-ring (bicyclic) bond motifs is 1. The van der Waals surface area contributed by atoms with E-state index in [0.717, 1.165) is 24.9 Å². The second kappa shape index (κ2) is 9.33. The van der Waals surface area contributed by atoms with Crippen LogP contribution in [-0.4, -0.2) is 41.9 Å². The molecule has 0 unspecified atom stereocenters. The highest BCUT2D eigenvalue weighted by Gasteiger charge is 2.31. The average Bonchev–Trinajstić information content (AvgIpc) is 3.27. The molecule has 0 spiro atoms. The maximum Gasteiger partial charge on any atom is 0.321 e. The highest BCUT2D eigenvalue weighted by Crippen LogP contribution is 2.24. The van der Waals surface area contributed by atoms with Gasteiger partial charge < -0.3 is 15.0 Å². The van der Waals surface area contributed by atoms with E-state index in [1.807, 2.05) is 48.5 Å². The fraction of sp³-hybridized carbons (Fsp3) is 0.400. The number of carbonyl (C=O) groups is 3. The molecule has 0 bridgehead atoms. The monoisotopic (exact) mass is 420 g/mol. The van der Waals surface area contributed by atoms with Crippen molar-refractivity contribution in [3.63, 3.8) is 0 Å². The second-order valence-corrected chi connectivity index (χ2v) is 8.34. The van der Waals surface area contributed by atoms with E-state index in [9.17, 15) is 14.4 Å². The molecule has 6 nitrogen and oxygen atoms in total. The number of ketones is 1. The van der Waals surface area contributed by atoms with E-state index >= 15 is 0 Å². The summed E-state index contributed by atoms with van der Waals surface area (Å²) in [6.07, 6.45) is 3.44. The highest BCUT2D eigenvalue weighted by atomic mass is 16.5. The minimum Gasteiger partial charge on any atom is -0.454 e. The van der Waals surface area contributed by atoms with Gasteiger partial charge in [-0.1, -0.05) is 30.3 Å². The Morgan fingerprint density at radius 1 is 1.00 bits per heavy atom. The zero-order chi connectivity index (χ0) is 21.8. The SMILES string of the molecule is C[C@@H](OC(=O)C1CCN(C(=O)Nc2ccccc2)CC1)C(=O)c1ccc2c(c1)CCC2. The number of para-hydroxylation sites is 1. The number of rotatable bonds is 5. The second-order valence-electron chi connectivity index (χ2n) is 8.34. The molecule has 2 amide bonds. The molecule has 2 aliphatic rings. The Morgan fingerprint density at radius 2 is 1.71 bits per heavy atom. The van der Waals surface area contributed by atoms with E-state index in [-0.39, 0.29) is 23.7 Å². The van der Waals surface area contributed by atoms with Gasteiger partial charge in [-0.2, -0.15) is 0 Å². The van der Waals surface area contributed by atoms with Crippen LogP contribution in [0.1, 0.15) is 47.7 Å². The Labute approximate surface area is 182 Å². The van der Waals surface area contributed by atoms with E-state index < -0.39 is 6.10 Å². The van der Waals surface area contributed by atoms with E-state index in [4.69, 9.17) is 4.74 Å². The van der Waals surface area contributed by atoms with Crippen LogP contribution in [0.25, 0.3) is 0 Å². The van der Waals surface area contributed by atoms with Gasteiger partial charge in [0.1, 0.15) is 0 Å². The summed E-state index contributed by atoms with van der Waals surface area (Å²) in [5.74, 6) is -0.816. The molecule has 0 aromatic heterocycles. The maximum atomic E-state index is 12.7. The lowest BCUT2D eigenvalue weighted by Crippen LogP contribution is -2.43. The summed E-state index contributed by atoms with van der Waals surface area (Å²) >= 11 is 0. The van der Waals surface area contributed by atoms with Crippen LogP contribution in [-0.2, 0) is 22.4 Å². The van der Waals surface area contributed by atoms with Crippen LogP contribution in [0.15, 0.2) is 48.5 Å². The normalized spacial score (nSPS) is 17.0. The van der Waals surface area contributed by atoms with Gasteiger partial charge in [-0.15, -0.1) is 0 Å². The fourth-order valence-corrected chi connectivity index (χ4v) is 4.33. The Bertz CT molecular complexity index is 965. The van der Waals surface area contributed by atoms with Crippen molar-refractivity contribution in [3.8, 4) is 0 Å². The van der Waals surface area contributed by atoms with Crippen molar-refractivity contribution >= 4 is 23.5 Å². The van der Waals surface area contributed by atoms with Gasteiger partial charge in [0.15, 0.2) is 6.10 Å². The Balaban J connectivity index is 1.26. The number of hydrogen-bond donors (Lipinski definition) is 1. The number of ether oxygens (including phenoxy) is 1. The van der Waals surface area contributed by atoms with E-state index in [0.29, 0.717) is 31.5 Å². The van der Waals surface area contributed by atoms with Gasteiger partial charge >= 0.3 is 12.0 Å². The lowest BCUT2D eigenvalue weighted by molar-refractivity contribution is -0.152. The number of nitrogens with one attached hydrogen (secondary N) is 1. The predicted molar refractivity (Wildman–Crippen MR) is 118 cm³/mol. The van der Waals surface area contributed by atoms with Gasteiger partial charge in [-0.25, -0.2) is 4.79 Å². The lowest BCUT2D eigenvalue weighted by atomic mass is 9.97. The van der Waals surface area contributed by atoms with Gasteiger partial charge in [0.05, 0.1) is 5.92 Å². The molecule has 1 fully saturated rings. The molecule has 1 aliphatic heterocycles. The quantitative estimate of drug-likeness (QED) is 0.580. The number of anilines is 1. The molecular weight excluding hydrogens is 392 g/mol. The molecule has 6 heteroatoms. The molecule has 2 aromatic carbocycles. The van der Waals surface area contributed by atoms with Crippen molar-refractivity contribution in [2.75, 3.05) is 18.4 Å². The third kappa shape index (κ3) is 4.95. The summed E-state index contributed by atoms with van der Waals surface area (Å²) < 4.78 is 5.51. The molecular formula is C25H28N2O4. The van der Waals surface area contributed by atoms with Gasteiger partial charge in [-0.3, -0.25) is 9.59 Å². The molecule has 4 rings (SSSR count). The topological polar surface area (TPSA) is 75.7 Å². The Morgan fingerprint density at radius 3 is 2.45 bits per heavy atom. The first-order valence-corrected chi connectivity index (χ1v) is 11.0. The molecule has 1 heterocycles.